The fourth-order valence-electron chi connectivity index (χ4n) is 3.13. The van der Waals surface area contributed by atoms with Gasteiger partial charge in [-0.25, -0.2) is 4.98 Å². The molecule has 0 aliphatic carbocycles. The van der Waals surface area contributed by atoms with Gasteiger partial charge < -0.3 is 15.0 Å². The molecule has 1 N–H and O–H groups in total. The first-order chi connectivity index (χ1) is 13.0. The molecule has 2 aromatic rings. The number of anilines is 1. The summed E-state index contributed by atoms with van der Waals surface area (Å²) in [7, 11) is 1.51. The number of amides is 2. The number of aryl methyl sites for hydroxylation is 1. The number of likely N-dealkylation sites (tertiary alicyclic amines) is 1. The van der Waals surface area contributed by atoms with Crippen molar-refractivity contribution < 1.29 is 14.3 Å². The Kier molecular flexibility index (Phi) is 5.96. The van der Waals surface area contributed by atoms with Crippen LogP contribution in [0.1, 0.15) is 28.8 Å². The van der Waals surface area contributed by atoms with E-state index >= 15 is 0 Å². The van der Waals surface area contributed by atoms with Crippen molar-refractivity contribution in [3.63, 3.8) is 0 Å². The Hall–Kier alpha value is -2.60. The molecule has 6 nitrogen and oxygen atoms in total. The second-order valence-electron chi connectivity index (χ2n) is 6.62. The summed E-state index contributed by atoms with van der Waals surface area (Å²) >= 11 is 5.96. The van der Waals surface area contributed by atoms with Crippen molar-refractivity contribution in [2.75, 3.05) is 25.5 Å². The molecule has 1 aliphatic heterocycles. The van der Waals surface area contributed by atoms with Gasteiger partial charge in [0.05, 0.1) is 12.7 Å². The number of benzene rings is 1. The maximum Gasteiger partial charge on any atom is 0.257 e. The topological polar surface area (TPSA) is 71.5 Å². The first kappa shape index (κ1) is 19.2. The zero-order valence-corrected chi connectivity index (χ0v) is 16.1. The van der Waals surface area contributed by atoms with E-state index in [0.717, 1.165) is 5.56 Å². The average Bonchev–Trinajstić information content (AvgIpc) is 2.69. The molecule has 1 aromatic heterocycles. The van der Waals surface area contributed by atoms with Crippen LogP contribution in [0.25, 0.3) is 0 Å². The van der Waals surface area contributed by atoms with Gasteiger partial charge in [-0.1, -0.05) is 17.7 Å². The van der Waals surface area contributed by atoms with Crippen molar-refractivity contribution in [3.8, 4) is 5.75 Å². The number of hydrogen-bond donors (Lipinski definition) is 1. The van der Waals surface area contributed by atoms with Gasteiger partial charge in [0.2, 0.25) is 5.91 Å². The fraction of sp³-hybridized carbons (Fsp3) is 0.350. The molecule has 0 saturated carbocycles. The molecule has 3 rings (SSSR count). The van der Waals surface area contributed by atoms with E-state index in [4.69, 9.17) is 16.3 Å². The molecule has 7 heteroatoms. The van der Waals surface area contributed by atoms with Crippen LogP contribution in [0.2, 0.25) is 5.02 Å². The van der Waals surface area contributed by atoms with Crippen molar-refractivity contribution in [2.24, 2.45) is 5.92 Å². The second kappa shape index (κ2) is 8.39. The van der Waals surface area contributed by atoms with E-state index in [2.05, 4.69) is 10.3 Å². The molecule has 27 heavy (non-hydrogen) atoms. The van der Waals surface area contributed by atoms with Gasteiger partial charge in [-0.3, -0.25) is 9.59 Å². The highest BCUT2D eigenvalue weighted by Crippen LogP contribution is 2.27. The molecule has 0 spiro atoms. The molecule has 1 saturated heterocycles. The number of rotatable bonds is 4. The molecular formula is C20H22ClN3O3. The number of carbonyl (C=O) groups excluding carboxylic acids is 2. The lowest BCUT2D eigenvalue weighted by Crippen LogP contribution is -2.41. The largest absolute Gasteiger partial charge is 0.496 e. The first-order valence-electron chi connectivity index (χ1n) is 8.84. The third-order valence-electron chi connectivity index (χ3n) is 4.71. The van der Waals surface area contributed by atoms with Crippen LogP contribution in [0.5, 0.6) is 5.75 Å². The summed E-state index contributed by atoms with van der Waals surface area (Å²) in [4.78, 5) is 31.2. The molecule has 0 radical (unpaired) electrons. The normalized spacial score (nSPS) is 14.7. The SMILES string of the molecule is COc1cc(Cl)ccc1C(=O)N1CCC(C(=O)Nc2ccc(C)cn2)CC1. The third-order valence-corrected chi connectivity index (χ3v) is 4.94. The van der Waals surface area contributed by atoms with E-state index in [0.29, 0.717) is 48.1 Å². The fourth-order valence-corrected chi connectivity index (χ4v) is 3.29. The summed E-state index contributed by atoms with van der Waals surface area (Å²) in [6.45, 7) is 2.98. The summed E-state index contributed by atoms with van der Waals surface area (Å²) < 4.78 is 5.27. The molecule has 142 valence electrons. The van der Waals surface area contributed by atoms with Gasteiger partial charge in [-0.15, -0.1) is 0 Å². The number of carbonyl (C=O) groups is 2. The maximum atomic E-state index is 12.8. The van der Waals surface area contributed by atoms with Crippen molar-refractivity contribution >= 4 is 29.2 Å². The second-order valence-corrected chi connectivity index (χ2v) is 7.06. The van der Waals surface area contributed by atoms with Crippen LogP contribution in [0, 0.1) is 12.8 Å². The van der Waals surface area contributed by atoms with Crippen LogP contribution in [-0.2, 0) is 4.79 Å². The van der Waals surface area contributed by atoms with Gasteiger partial charge in [0.15, 0.2) is 0 Å². The standard InChI is InChI=1S/C20H22ClN3O3/c1-13-3-6-18(22-12-13)23-19(25)14-7-9-24(10-8-14)20(26)16-5-4-15(21)11-17(16)27-2/h3-6,11-12,14H,7-10H2,1-2H3,(H,22,23,25). The van der Waals surface area contributed by atoms with Crippen LogP contribution in [0.3, 0.4) is 0 Å². The van der Waals surface area contributed by atoms with Crippen molar-refractivity contribution in [2.45, 2.75) is 19.8 Å². The number of halogens is 1. The van der Waals surface area contributed by atoms with E-state index in [1.54, 1.807) is 35.4 Å². The lowest BCUT2D eigenvalue weighted by Gasteiger charge is -2.31. The summed E-state index contributed by atoms with van der Waals surface area (Å²) in [6.07, 6.45) is 2.94. The van der Waals surface area contributed by atoms with Gasteiger partial charge >= 0.3 is 0 Å². The highest BCUT2D eigenvalue weighted by molar-refractivity contribution is 6.30. The van der Waals surface area contributed by atoms with Crippen molar-refractivity contribution in [1.82, 2.24) is 9.88 Å². The zero-order valence-electron chi connectivity index (χ0n) is 15.4. The Morgan fingerprint density at radius 2 is 1.96 bits per heavy atom. The summed E-state index contributed by atoms with van der Waals surface area (Å²) in [6, 6.07) is 8.67. The average molecular weight is 388 g/mol. The predicted molar refractivity (Wildman–Crippen MR) is 104 cm³/mol. The lowest BCUT2D eigenvalue weighted by molar-refractivity contribution is -0.121. The van der Waals surface area contributed by atoms with Crippen LogP contribution in [0.4, 0.5) is 5.82 Å². The molecule has 1 fully saturated rings. The quantitative estimate of drug-likeness (QED) is 0.870. The Balaban J connectivity index is 1.59. The van der Waals surface area contributed by atoms with E-state index in [1.807, 2.05) is 13.0 Å². The minimum Gasteiger partial charge on any atom is -0.496 e. The van der Waals surface area contributed by atoms with E-state index < -0.39 is 0 Å². The number of methoxy groups -OCH3 is 1. The number of ether oxygens (including phenoxy) is 1. The summed E-state index contributed by atoms with van der Waals surface area (Å²) in [5.74, 6) is 0.710. The molecule has 1 aromatic carbocycles. The molecule has 0 bridgehead atoms. The number of hydrogen-bond acceptors (Lipinski definition) is 4. The van der Waals surface area contributed by atoms with E-state index in [1.165, 1.54) is 7.11 Å². The highest BCUT2D eigenvalue weighted by Gasteiger charge is 2.29. The predicted octanol–water partition coefficient (Wildman–Crippen LogP) is 3.54. The summed E-state index contributed by atoms with van der Waals surface area (Å²) in [5, 5.41) is 3.37. The Labute approximate surface area is 163 Å². The number of nitrogens with zero attached hydrogens (tertiary/aromatic N) is 2. The maximum absolute atomic E-state index is 12.8. The minimum atomic E-state index is -0.135. The van der Waals surface area contributed by atoms with Gasteiger partial charge in [-0.2, -0.15) is 0 Å². The van der Waals surface area contributed by atoms with Gasteiger partial charge in [0.1, 0.15) is 11.6 Å². The molecule has 2 amide bonds. The van der Waals surface area contributed by atoms with Crippen molar-refractivity contribution in [3.05, 3.63) is 52.7 Å². The number of nitrogens with one attached hydrogen (secondary N) is 1. The molecular weight excluding hydrogens is 366 g/mol. The Morgan fingerprint density at radius 1 is 1.22 bits per heavy atom. The van der Waals surface area contributed by atoms with Gasteiger partial charge in [0.25, 0.3) is 5.91 Å². The van der Waals surface area contributed by atoms with Crippen LogP contribution < -0.4 is 10.1 Å². The Bertz CT molecular complexity index is 831. The molecule has 0 unspecified atom stereocenters. The highest BCUT2D eigenvalue weighted by atomic mass is 35.5. The minimum absolute atomic E-state index is 0.0532. The van der Waals surface area contributed by atoms with E-state index in [9.17, 15) is 9.59 Å². The monoisotopic (exact) mass is 387 g/mol. The molecule has 0 atom stereocenters. The summed E-state index contributed by atoms with van der Waals surface area (Å²) in [5.41, 5.74) is 1.52. The smallest absolute Gasteiger partial charge is 0.257 e. The van der Waals surface area contributed by atoms with Crippen LogP contribution in [-0.4, -0.2) is 41.9 Å². The number of pyridine rings is 1. The molecule has 2 heterocycles. The third kappa shape index (κ3) is 4.57. The zero-order chi connectivity index (χ0) is 19.4. The van der Waals surface area contributed by atoms with Crippen LogP contribution >= 0.6 is 11.6 Å². The van der Waals surface area contributed by atoms with Crippen LogP contribution in [0.15, 0.2) is 36.5 Å². The number of aromatic nitrogens is 1. The lowest BCUT2D eigenvalue weighted by atomic mass is 9.95. The van der Waals surface area contributed by atoms with Gasteiger partial charge in [-0.05, 0) is 49.6 Å². The first-order valence-corrected chi connectivity index (χ1v) is 9.22. The number of piperidine rings is 1. The van der Waals surface area contributed by atoms with Gasteiger partial charge in [0, 0.05) is 30.2 Å². The van der Waals surface area contributed by atoms with Crippen molar-refractivity contribution in [1.29, 1.82) is 0 Å². The van der Waals surface area contributed by atoms with E-state index in [-0.39, 0.29) is 17.7 Å². The molecule has 1 aliphatic rings. The Morgan fingerprint density at radius 3 is 2.59 bits per heavy atom.